The normalized spacial score (nSPS) is 10.1. The number of anilines is 1. The van der Waals surface area contributed by atoms with E-state index in [-0.39, 0.29) is 17.2 Å². The summed E-state index contributed by atoms with van der Waals surface area (Å²) in [5.41, 5.74) is 1.97. The molecule has 5 heteroatoms. The van der Waals surface area contributed by atoms with E-state index < -0.39 is 5.97 Å². The average Bonchev–Trinajstić information content (AvgIpc) is 2.73. The van der Waals surface area contributed by atoms with Crippen molar-refractivity contribution in [1.29, 1.82) is 0 Å². The number of rotatable bonds is 6. The van der Waals surface area contributed by atoms with Crippen molar-refractivity contribution in [3.8, 4) is 5.75 Å². The van der Waals surface area contributed by atoms with Crippen molar-refractivity contribution in [3.63, 3.8) is 0 Å². The van der Waals surface area contributed by atoms with E-state index in [2.05, 4.69) is 5.32 Å². The molecule has 0 unspecified atom stereocenters. The van der Waals surface area contributed by atoms with Gasteiger partial charge >= 0.3 is 5.97 Å². The standard InChI is InChI=1S/C22H19NO4/c1-26-22(25)18-13-8-14-19(27-15-16-9-4-2-5-10-16)20(18)23-21(24)17-11-6-3-7-12-17/h2-14H,15H2,1H3,(H,23,24). The van der Waals surface area contributed by atoms with Crippen molar-refractivity contribution in [2.75, 3.05) is 12.4 Å². The summed E-state index contributed by atoms with van der Waals surface area (Å²) in [4.78, 5) is 24.7. The largest absolute Gasteiger partial charge is 0.487 e. The average molecular weight is 361 g/mol. The molecule has 0 spiro atoms. The lowest BCUT2D eigenvalue weighted by atomic mass is 10.1. The van der Waals surface area contributed by atoms with Crippen LogP contribution in [0, 0.1) is 0 Å². The second-order valence-corrected chi connectivity index (χ2v) is 5.76. The summed E-state index contributed by atoms with van der Waals surface area (Å²) in [6.45, 7) is 0.305. The minimum Gasteiger partial charge on any atom is -0.487 e. The Bertz CT molecular complexity index is 924. The molecule has 0 radical (unpaired) electrons. The van der Waals surface area contributed by atoms with Gasteiger partial charge in [0.15, 0.2) is 0 Å². The van der Waals surface area contributed by atoms with Gasteiger partial charge < -0.3 is 14.8 Å². The van der Waals surface area contributed by atoms with Crippen LogP contribution in [0.2, 0.25) is 0 Å². The van der Waals surface area contributed by atoms with Gasteiger partial charge in [-0.15, -0.1) is 0 Å². The molecule has 27 heavy (non-hydrogen) atoms. The molecule has 3 aromatic rings. The molecular formula is C22H19NO4. The fourth-order valence-electron chi connectivity index (χ4n) is 2.57. The molecule has 136 valence electrons. The monoisotopic (exact) mass is 361 g/mol. The first-order valence-corrected chi connectivity index (χ1v) is 8.43. The third-order valence-corrected chi connectivity index (χ3v) is 3.94. The molecule has 3 aromatic carbocycles. The summed E-state index contributed by atoms with van der Waals surface area (Å²) in [6.07, 6.45) is 0. The van der Waals surface area contributed by atoms with Gasteiger partial charge in [0, 0.05) is 5.56 Å². The first-order chi connectivity index (χ1) is 13.2. The van der Waals surface area contributed by atoms with Crippen LogP contribution in [0.4, 0.5) is 5.69 Å². The summed E-state index contributed by atoms with van der Waals surface area (Å²) in [7, 11) is 1.29. The van der Waals surface area contributed by atoms with Crippen LogP contribution in [0.15, 0.2) is 78.9 Å². The zero-order chi connectivity index (χ0) is 19.1. The minimum absolute atomic E-state index is 0.229. The molecule has 0 fully saturated rings. The second-order valence-electron chi connectivity index (χ2n) is 5.76. The van der Waals surface area contributed by atoms with Gasteiger partial charge in [0.2, 0.25) is 0 Å². The predicted molar refractivity (Wildman–Crippen MR) is 103 cm³/mol. The number of esters is 1. The first kappa shape index (κ1) is 18.2. The maximum absolute atomic E-state index is 12.6. The number of amides is 1. The number of para-hydroxylation sites is 1. The first-order valence-electron chi connectivity index (χ1n) is 8.43. The SMILES string of the molecule is COC(=O)c1cccc(OCc2ccccc2)c1NC(=O)c1ccccc1. The van der Waals surface area contributed by atoms with Gasteiger partial charge in [-0.05, 0) is 29.8 Å². The number of hydrogen-bond acceptors (Lipinski definition) is 4. The zero-order valence-electron chi connectivity index (χ0n) is 14.8. The summed E-state index contributed by atoms with van der Waals surface area (Å²) < 4.78 is 10.7. The maximum Gasteiger partial charge on any atom is 0.340 e. The van der Waals surface area contributed by atoms with Crippen LogP contribution in [-0.2, 0) is 11.3 Å². The highest BCUT2D eigenvalue weighted by atomic mass is 16.5. The van der Waals surface area contributed by atoms with Crippen molar-refractivity contribution in [2.24, 2.45) is 0 Å². The predicted octanol–water partition coefficient (Wildman–Crippen LogP) is 4.30. The Morgan fingerprint density at radius 3 is 2.19 bits per heavy atom. The quantitative estimate of drug-likeness (QED) is 0.665. The van der Waals surface area contributed by atoms with E-state index >= 15 is 0 Å². The Labute approximate surface area is 157 Å². The van der Waals surface area contributed by atoms with Gasteiger partial charge in [-0.25, -0.2) is 4.79 Å². The molecule has 0 heterocycles. The third-order valence-electron chi connectivity index (χ3n) is 3.94. The second kappa shape index (κ2) is 8.67. The number of carbonyl (C=O) groups excluding carboxylic acids is 2. The van der Waals surface area contributed by atoms with E-state index in [0.29, 0.717) is 17.9 Å². The van der Waals surface area contributed by atoms with Crippen LogP contribution in [0.25, 0.3) is 0 Å². The number of carbonyl (C=O) groups is 2. The van der Waals surface area contributed by atoms with Crippen molar-refractivity contribution >= 4 is 17.6 Å². The molecular weight excluding hydrogens is 342 g/mol. The Balaban J connectivity index is 1.90. The Hall–Kier alpha value is -3.60. The number of benzene rings is 3. The van der Waals surface area contributed by atoms with Crippen LogP contribution in [-0.4, -0.2) is 19.0 Å². The number of ether oxygens (including phenoxy) is 2. The summed E-state index contributed by atoms with van der Waals surface area (Å²) in [6, 6.07) is 23.4. The lowest BCUT2D eigenvalue weighted by Gasteiger charge is -2.16. The Kier molecular flexibility index (Phi) is 5.84. The fraction of sp³-hybridized carbons (Fsp3) is 0.0909. The Morgan fingerprint density at radius 2 is 1.52 bits per heavy atom. The van der Waals surface area contributed by atoms with E-state index in [9.17, 15) is 9.59 Å². The lowest BCUT2D eigenvalue weighted by molar-refractivity contribution is 0.0601. The van der Waals surface area contributed by atoms with Crippen LogP contribution in [0.5, 0.6) is 5.75 Å². The summed E-state index contributed by atoms with van der Waals surface area (Å²) in [5, 5.41) is 2.78. The van der Waals surface area contributed by atoms with E-state index in [4.69, 9.17) is 9.47 Å². The van der Waals surface area contributed by atoms with Gasteiger partial charge in [0.25, 0.3) is 5.91 Å². The molecule has 1 amide bonds. The van der Waals surface area contributed by atoms with Crippen LogP contribution < -0.4 is 10.1 Å². The highest BCUT2D eigenvalue weighted by Gasteiger charge is 2.19. The number of nitrogens with one attached hydrogen (secondary N) is 1. The highest BCUT2D eigenvalue weighted by Crippen LogP contribution is 2.30. The van der Waals surface area contributed by atoms with Crippen molar-refractivity contribution in [3.05, 3.63) is 95.6 Å². The Morgan fingerprint density at radius 1 is 0.852 bits per heavy atom. The van der Waals surface area contributed by atoms with E-state index in [1.807, 2.05) is 36.4 Å². The molecule has 1 N–H and O–H groups in total. The van der Waals surface area contributed by atoms with E-state index in [1.54, 1.807) is 42.5 Å². The molecule has 0 saturated carbocycles. The lowest BCUT2D eigenvalue weighted by Crippen LogP contribution is -2.16. The molecule has 0 aromatic heterocycles. The summed E-state index contributed by atoms with van der Waals surface area (Å²) in [5.74, 6) is -0.494. The van der Waals surface area contributed by atoms with Crippen molar-refractivity contribution < 1.29 is 19.1 Å². The molecule has 5 nitrogen and oxygen atoms in total. The third kappa shape index (κ3) is 4.52. The number of methoxy groups -OCH3 is 1. The van der Waals surface area contributed by atoms with Crippen LogP contribution in [0.3, 0.4) is 0 Å². The minimum atomic E-state index is -0.552. The van der Waals surface area contributed by atoms with Gasteiger partial charge in [-0.1, -0.05) is 54.6 Å². The van der Waals surface area contributed by atoms with Crippen molar-refractivity contribution in [2.45, 2.75) is 6.61 Å². The maximum atomic E-state index is 12.6. The highest BCUT2D eigenvalue weighted by molar-refractivity contribution is 6.09. The van der Waals surface area contributed by atoms with Crippen LogP contribution >= 0.6 is 0 Å². The number of hydrogen-bond donors (Lipinski definition) is 1. The molecule has 0 aliphatic carbocycles. The molecule has 0 aliphatic rings. The van der Waals surface area contributed by atoms with Gasteiger partial charge in [0.1, 0.15) is 12.4 Å². The van der Waals surface area contributed by atoms with Crippen molar-refractivity contribution in [1.82, 2.24) is 0 Å². The summed E-state index contributed by atoms with van der Waals surface area (Å²) >= 11 is 0. The van der Waals surface area contributed by atoms with E-state index in [0.717, 1.165) is 5.56 Å². The smallest absolute Gasteiger partial charge is 0.340 e. The van der Waals surface area contributed by atoms with Gasteiger partial charge in [0.05, 0.1) is 18.4 Å². The molecule has 0 atom stereocenters. The molecule has 0 saturated heterocycles. The van der Waals surface area contributed by atoms with Crippen LogP contribution in [0.1, 0.15) is 26.3 Å². The molecule has 0 aliphatic heterocycles. The topological polar surface area (TPSA) is 64.6 Å². The molecule has 0 bridgehead atoms. The van der Waals surface area contributed by atoms with Gasteiger partial charge in [-0.2, -0.15) is 0 Å². The fourth-order valence-corrected chi connectivity index (χ4v) is 2.57. The molecule has 3 rings (SSSR count). The van der Waals surface area contributed by atoms with E-state index in [1.165, 1.54) is 7.11 Å². The zero-order valence-corrected chi connectivity index (χ0v) is 14.8. The van der Waals surface area contributed by atoms with Gasteiger partial charge in [-0.3, -0.25) is 4.79 Å².